The third kappa shape index (κ3) is 5.31. The van der Waals surface area contributed by atoms with Crippen molar-refractivity contribution in [3.05, 3.63) is 117 Å². The number of hydrogen-bond donors (Lipinski definition) is 0. The van der Waals surface area contributed by atoms with Crippen molar-refractivity contribution >= 4 is 0 Å². The maximum Gasteiger partial charge on any atom is 0.0973 e. The highest BCUT2D eigenvalue weighted by Crippen LogP contribution is 2.39. The molecule has 38 heavy (non-hydrogen) atoms. The molecule has 1 heterocycles. The first-order valence-electron chi connectivity index (χ1n) is 13.3. The maximum atomic E-state index is 5.49. The van der Waals surface area contributed by atoms with E-state index in [1.165, 1.54) is 44.5 Å². The molecule has 0 aliphatic carbocycles. The lowest BCUT2D eigenvalue weighted by Crippen LogP contribution is -2.02. The van der Waals surface area contributed by atoms with E-state index in [1.807, 2.05) is 0 Å². The van der Waals surface area contributed by atoms with Crippen molar-refractivity contribution in [2.45, 2.75) is 55.4 Å². The Labute approximate surface area is 227 Å². The molecule has 0 N–H and O–H groups in total. The third-order valence-corrected chi connectivity index (χ3v) is 6.88. The zero-order chi connectivity index (χ0) is 27.1. The minimum atomic E-state index is 0.920. The quantitative estimate of drug-likeness (QED) is 0.247. The lowest BCUT2D eigenvalue weighted by Gasteiger charge is -2.18. The van der Waals surface area contributed by atoms with Crippen LogP contribution in [0, 0.1) is 55.4 Å². The van der Waals surface area contributed by atoms with Crippen LogP contribution in [0.25, 0.3) is 45.0 Å². The lowest BCUT2D eigenvalue weighted by molar-refractivity contribution is 1.20. The van der Waals surface area contributed by atoms with Gasteiger partial charge in [-0.1, -0.05) is 68.8 Å². The summed E-state index contributed by atoms with van der Waals surface area (Å²) in [7, 11) is 0. The van der Waals surface area contributed by atoms with Crippen LogP contribution in [-0.4, -0.2) is 9.97 Å². The topological polar surface area (TPSA) is 25.8 Å². The lowest BCUT2D eigenvalue weighted by atomic mass is 9.95. The molecule has 0 unspecified atom stereocenters. The molecule has 0 fully saturated rings. The SMILES string of the molecule is Cc1cc(C)cc(-c2nc(-c3cc(C)cc(C)c3)c(-c3cc(C)cc(C)c3)nc2-c2cc(C)cc(C)c2)c1. The Bertz CT molecular complexity index is 1360. The second kappa shape index (κ2) is 10.0. The monoisotopic (exact) mass is 496 g/mol. The van der Waals surface area contributed by atoms with Crippen molar-refractivity contribution in [2.24, 2.45) is 0 Å². The second-order valence-corrected chi connectivity index (χ2v) is 11.1. The van der Waals surface area contributed by atoms with Crippen LogP contribution in [0.1, 0.15) is 44.5 Å². The molecule has 0 aliphatic rings. The summed E-state index contributed by atoms with van der Waals surface area (Å²) in [6.45, 7) is 17.2. The second-order valence-electron chi connectivity index (χ2n) is 11.1. The first-order chi connectivity index (χ1) is 18.0. The van der Waals surface area contributed by atoms with Gasteiger partial charge in [0.15, 0.2) is 0 Å². The van der Waals surface area contributed by atoms with Crippen LogP contribution >= 0.6 is 0 Å². The van der Waals surface area contributed by atoms with Gasteiger partial charge in [0, 0.05) is 22.3 Å². The zero-order valence-corrected chi connectivity index (χ0v) is 23.8. The number of hydrogen-bond acceptors (Lipinski definition) is 2. The largest absolute Gasteiger partial charge is 0.243 e. The number of aromatic nitrogens is 2. The molecule has 5 rings (SSSR count). The predicted octanol–water partition coefficient (Wildman–Crippen LogP) is 9.61. The van der Waals surface area contributed by atoms with Crippen LogP contribution in [0.5, 0.6) is 0 Å². The van der Waals surface area contributed by atoms with Crippen molar-refractivity contribution in [2.75, 3.05) is 0 Å². The van der Waals surface area contributed by atoms with Crippen LogP contribution in [-0.2, 0) is 0 Å². The fourth-order valence-electron chi connectivity index (χ4n) is 5.69. The Kier molecular flexibility index (Phi) is 6.75. The number of benzene rings is 4. The van der Waals surface area contributed by atoms with Crippen LogP contribution in [0.4, 0.5) is 0 Å². The maximum absolute atomic E-state index is 5.49. The molecule has 0 bridgehead atoms. The molecule has 0 radical (unpaired) electrons. The van der Waals surface area contributed by atoms with E-state index in [9.17, 15) is 0 Å². The van der Waals surface area contributed by atoms with E-state index in [4.69, 9.17) is 9.97 Å². The van der Waals surface area contributed by atoms with Crippen LogP contribution in [0.15, 0.2) is 72.8 Å². The molecular weight excluding hydrogens is 460 g/mol. The van der Waals surface area contributed by atoms with Crippen LogP contribution < -0.4 is 0 Å². The minimum Gasteiger partial charge on any atom is -0.243 e. The Hall–Kier alpha value is -4.04. The van der Waals surface area contributed by atoms with Gasteiger partial charge in [0.1, 0.15) is 0 Å². The average molecular weight is 497 g/mol. The van der Waals surface area contributed by atoms with Crippen molar-refractivity contribution in [3.8, 4) is 45.0 Å². The van der Waals surface area contributed by atoms with Gasteiger partial charge in [-0.25, -0.2) is 9.97 Å². The van der Waals surface area contributed by atoms with Gasteiger partial charge in [-0.3, -0.25) is 0 Å². The van der Waals surface area contributed by atoms with E-state index >= 15 is 0 Å². The molecule has 4 aromatic carbocycles. The molecule has 0 saturated carbocycles. The summed E-state index contributed by atoms with van der Waals surface area (Å²) < 4.78 is 0. The van der Waals surface area contributed by atoms with Crippen molar-refractivity contribution < 1.29 is 0 Å². The Morgan fingerprint density at radius 2 is 0.421 bits per heavy atom. The average Bonchev–Trinajstić information content (AvgIpc) is 2.81. The summed E-state index contributed by atoms with van der Waals surface area (Å²) in [6, 6.07) is 26.7. The molecule has 0 spiro atoms. The fraction of sp³-hybridized carbons (Fsp3) is 0.222. The van der Waals surface area contributed by atoms with Gasteiger partial charge >= 0.3 is 0 Å². The van der Waals surface area contributed by atoms with Gasteiger partial charge in [0.05, 0.1) is 22.8 Å². The van der Waals surface area contributed by atoms with E-state index in [0.29, 0.717) is 0 Å². The number of nitrogens with zero attached hydrogens (tertiary/aromatic N) is 2. The van der Waals surface area contributed by atoms with Gasteiger partial charge in [-0.05, 0) is 104 Å². The molecule has 1 aromatic heterocycles. The zero-order valence-electron chi connectivity index (χ0n) is 23.8. The van der Waals surface area contributed by atoms with Gasteiger partial charge in [0.25, 0.3) is 0 Å². The molecule has 0 saturated heterocycles. The van der Waals surface area contributed by atoms with E-state index in [0.717, 1.165) is 45.0 Å². The van der Waals surface area contributed by atoms with Crippen molar-refractivity contribution in [1.29, 1.82) is 0 Å². The van der Waals surface area contributed by atoms with E-state index in [1.54, 1.807) is 0 Å². The normalized spacial score (nSPS) is 11.2. The minimum absolute atomic E-state index is 0.920. The molecular formula is C36H36N2. The summed E-state index contributed by atoms with van der Waals surface area (Å²) in [5.74, 6) is 0. The number of aryl methyl sites for hydroxylation is 8. The Morgan fingerprint density at radius 3 is 0.579 bits per heavy atom. The first-order valence-corrected chi connectivity index (χ1v) is 13.3. The summed E-state index contributed by atoms with van der Waals surface area (Å²) in [5, 5.41) is 0. The first kappa shape index (κ1) is 25.6. The smallest absolute Gasteiger partial charge is 0.0973 e. The van der Waals surface area contributed by atoms with Gasteiger partial charge < -0.3 is 0 Å². The molecule has 0 amide bonds. The summed E-state index contributed by atoms with van der Waals surface area (Å²) in [4.78, 5) is 11.0. The highest BCUT2D eigenvalue weighted by atomic mass is 14.9. The third-order valence-electron chi connectivity index (χ3n) is 6.88. The van der Waals surface area contributed by atoms with Crippen molar-refractivity contribution in [3.63, 3.8) is 0 Å². The van der Waals surface area contributed by atoms with Crippen molar-refractivity contribution in [1.82, 2.24) is 9.97 Å². The Morgan fingerprint density at radius 1 is 0.263 bits per heavy atom. The van der Waals surface area contributed by atoms with Gasteiger partial charge in [-0.15, -0.1) is 0 Å². The number of rotatable bonds is 4. The molecule has 2 heteroatoms. The van der Waals surface area contributed by atoms with Crippen LogP contribution in [0.2, 0.25) is 0 Å². The van der Waals surface area contributed by atoms with E-state index in [-0.39, 0.29) is 0 Å². The summed E-state index contributed by atoms with van der Waals surface area (Å²) in [5.41, 5.74) is 17.9. The molecule has 5 aromatic rings. The molecule has 2 nitrogen and oxygen atoms in total. The summed E-state index contributed by atoms with van der Waals surface area (Å²) in [6.07, 6.45) is 0. The Balaban J connectivity index is 1.93. The standard InChI is InChI=1S/C36H36N2/c1-21-9-22(2)14-29(13-21)33-34(30-15-23(3)10-24(4)16-30)38-36(32-19-27(7)12-28(8)20-32)35(37-33)31-17-25(5)11-26(6)18-31/h9-20H,1-8H3. The van der Waals surface area contributed by atoms with E-state index < -0.39 is 0 Å². The van der Waals surface area contributed by atoms with Gasteiger partial charge in [-0.2, -0.15) is 0 Å². The molecule has 190 valence electrons. The predicted molar refractivity (Wildman–Crippen MR) is 162 cm³/mol. The van der Waals surface area contributed by atoms with E-state index in [2.05, 4.69) is 128 Å². The highest BCUT2D eigenvalue weighted by Gasteiger charge is 2.21. The molecule has 0 aliphatic heterocycles. The summed E-state index contributed by atoms with van der Waals surface area (Å²) >= 11 is 0. The van der Waals surface area contributed by atoms with Crippen LogP contribution in [0.3, 0.4) is 0 Å². The van der Waals surface area contributed by atoms with Gasteiger partial charge in [0.2, 0.25) is 0 Å². The molecule has 0 atom stereocenters. The fourth-order valence-corrected chi connectivity index (χ4v) is 5.69. The highest BCUT2D eigenvalue weighted by molar-refractivity contribution is 5.87.